The number of rotatable bonds is 5. The van der Waals surface area contributed by atoms with E-state index in [0.717, 1.165) is 91.9 Å². The summed E-state index contributed by atoms with van der Waals surface area (Å²) >= 11 is 6.88. The molecule has 1 N–H and O–H groups in total. The zero-order chi connectivity index (χ0) is 22.1. The van der Waals surface area contributed by atoms with Gasteiger partial charge in [-0.05, 0) is 32.0 Å². The lowest BCUT2D eigenvalue weighted by molar-refractivity contribution is 0.0337. The van der Waals surface area contributed by atoms with Gasteiger partial charge in [0.1, 0.15) is 0 Å². The van der Waals surface area contributed by atoms with Crippen molar-refractivity contribution in [1.82, 2.24) is 19.8 Å². The fourth-order valence-electron chi connectivity index (χ4n) is 4.79. The molecule has 32 heavy (non-hydrogen) atoms. The second-order valence-electron chi connectivity index (χ2n) is 9.05. The molecule has 2 aliphatic rings. The van der Waals surface area contributed by atoms with Gasteiger partial charge in [0.2, 0.25) is 0 Å². The molecule has 2 saturated heterocycles. The normalized spacial score (nSPS) is 18.7. The molecule has 0 radical (unpaired) electrons. The van der Waals surface area contributed by atoms with Crippen LogP contribution in [-0.2, 0) is 11.3 Å². The fraction of sp³-hybridized carbons (Fsp3) is 0.480. The summed E-state index contributed by atoms with van der Waals surface area (Å²) in [5.74, 6) is 0. The molecule has 0 aliphatic carbocycles. The van der Waals surface area contributed by atoms with Crippen LogP contribution in [0.1, 0.15) is 19.5 Å². The maximum absolute atomic E-state index is 6.88. The average molecular weight is 454 g/mol. The van der Waals surface area contributed by atoms with Crippen LogP contribution < -0.4 is 4.90 Å². The Morgan fingerprint density at radius 1 is 1.00 bits per heavy atom. The zero-order valence-corrected chi connectivity index (χ0v) is 19.7. The van der Waals surface area contributed by atoms with E-state index in [0.29, 0.717) is 6.04 Å². The zero-order valence-electron chi connectivity index (χ0n) is 19.0. The largest absolute Gasteiger partial charge is 0.379 e. The predicted molar refractivity (Wildman–Crippen MR) is 132 cm³/mol. The van der Waals surface area contributed by atoms with E-state index in [1.807, 2.05) is 12.3 Å². The summed E-state index contributed by atoms with van der Waals surface area (Å²) in [7, 11) is 0. The maximum atomic E-state index is 6.88. The van der Waals surface area contributed by atoms with Crippen molar-refractivity contribution in [3.8, 4) is 11.3 Å². The van der Waals surface area contributed by atoms with Crippen molar-refractivity contribution in [3.05, 3.63) is 47.2 Å². The summed E-state index contributed by atoms with van der Waals surface area (Å²) in [6.07, 6.45) is 1.86. The first-order valence-electron chi connectivity index (χ1n) is 11.6. The molecule has 4 heterocycles. The van der Waals surface area contributed by atoms with Crippen molar-refractivity contribution in [3.63, 3.8) is 0 Å². The van der Waals surface area contributed by atoms with Crippen LogP contribution in [-0.4, -0.2) is 78.3 Å². The highest BCUT2D eigenvalue weighted by Gasteiger charge is 2.21. The molecule has 2 fully saturated rings. The Bertz CT molecular complexity index is 1050. The molecule has 170 valence electrons. The predicted octanol–water partition coefficient (Wildman–Crippen LogP) is 4.25. The smallest absolute Gasteiger partial charge is 0.0810 e. The van der Waals surface area contributed by atoms with Crippen molar-refractivity contribution in [2.24, 2.45) is 0 Å². The number of aromatic nitrogens is 2. The first kappa shape index (κ1) is 21.7. The number of aromatic amines is 1. The number of hydrogen-bond donors (Lipinski definition) is 1. The van der Waals surface area contributed by atoms with Crippen molar-refractivity contribution in [2.45, 2.75) is 26.4 Å². The lowest BCUT2D eigenvalue weighted by Gasteiger charge is -2.38. The van der Waals surface area contributed by atoms with Crippen LogP contribution in [0.3, 0.4) is 0 Å². The second-order valence-corrected chi connectivity index (χ2v) is 9.43. The number of nitrogens with zero attached hydrogens (tertiary/aromatic N) is 4. The lowest BCUT2D eigenvalue weighted by atomic mass is 10.1. The van der Waals surface area contributed by atoms with Crippen molar-refractivity contribution in [1.29, 1.82) is 0 Å². The molecule has 0 unspecified atom stereocenters. The van der Waals surface area contributed by atoms with Crippen LogP contribution in [0.4, 0.5) is 5.69 Å². The number of pyridine rings is 1. The van der Waals surface area contributed by atoms with Gasteiger partial charge in [-0.15, -0.1) is 0 Å². The van der Waals surface area contributed by atoms with E-state index < -0.39 is 0 Å². The molecule has 7 heteroatoms. The molecule has 2 aromatic heterocycles. The van der Waals surface area contributed by atoms with Gasteiger partial charge in [-0.3, -0.25) is 14.8 Å². The van der Waals surface area contributed by atoms with Crippen molar-refractivity contribution < 1.29 is 4.74 Å². The number of piperazine rings is 1. The Kier molecular flexibility index (Phi) is 6.37. The third kappa shape index (κ3) is 4.37. The molecule has 0 saturated carbocycles. The van der Waals surface area contributed by atoms with Gasteiger partial charge in [-0.25, -0.2) is 0 Å². The van der Waals surface area contributed by atoms with Gasteiger partial charge in [-0.2, -0.15) is 0 Å². The maximum Gasteiger partial charge on any atom is 0.0810 e. The molecule has 0 amide bonds. The van der Waals surface area contributed by atoms with E-state index in [-0.39, 0.29) is 0 Å². The summed E-state index contributed by atoms with van der Waals surface area (Å²) in [5, 5.41) is 1.79. The Balaban J connectivity index is 1.37. The molecule has 3 aromatic rings. The number of nitrogens with one attached hydrogen (secondary N) is 1. The monoisotopic (exact) mass is 453 g/mol. The van der Waals surface area contributed by atoms with E-state index in [1.165, 1.54) is 5.69 Å². The van der Waals surface area contributed by atoms with Crippen molar-refractivity contribution in [2.75, 3.05) is 57.4 Å². The minimum Gasteiger partial charge on any atom is -0.379 e. The molecule has 5 rings (SSSR count). The molecular weight excluding hydrogens is 422 g/mol. The lowest BCUT2D eigenvalue weighted by Crippen LogP contribution is -2.48. The topological polar surface area (TPSA) is 47.6 Å². The van der Waals surface area contributed by atoms with E-state index in [9.17, 15) is 0 Å². The second kappa shape index (κ2) is 9.40. The number of halogens is 1. The molecule has 0 atom stereocenters. The number of benzene rings is 1. The summed E-state index contributed by atoms with van der Waals surface area (Å²) < 4.78 is 5.47. The van der Waals surface area contributed by atoms with Crippen LogP contribution in [0, 0.1) is 0 Å². The number of morpholine rings is 1. The van der Waals surface area contributed by atoms with Gasteiger partial charge in [0.15, 0.2) is 0 Å². The highest BCUT2D eigenvalue weighted by Crippen LogP contribution is 2.35. The first-order chi connectivity index (χ1) is 15.6. The Labute approximate surface area is 195 Å². The fourth-order valence-corrected chi connectivity index (χ4v) is 5.09. The van der Waals surface area contributed by atoms with Gasteiger partial charge in [0.25, 0.3) is 0 Å². The average Bonchev–Trinajstić information content (AvgIpc) is 3.15. The van der Waals surface area contributed by atoms with Crippen molar-refractivity contribution >= 4 is 28.2 Å². The quantitative estimate of drug-likeness (QED) is 0.626. The number of fused-ring (bicyclic) bond motifs is 1. The molecule has 6 nitrogen and oxygen atoms in total. The standard InChI is InChI=1S/C25H32ClN5O/c1-18(2)30-9-11-31(12-10-30)20-5-3-19(4-6-20)25-23-21(7-8-27-25)28-22(24(23)26)17-29-13-15-32-16-14-29/h3-8,18,28H,9-17H2,1-2H3. The molecular formula is C25H32ClN5O. The molecule has 1 aromatic carbocycles. The van der Waals surface area contributed by atoms with Gasteiger partial charge >= 0.3 is 0 Å². The number of H-pyrrole nitrogens is 1. The first-order valence-corrected chi connectivity index (χ1v) is 12.0. The summed E-state index contributed by atoms with van der Waals surface area (Å²) in [6, 6.07) is 11.4. The van der Waals surface area contributed by atoms with E-state index in [1.54, 1.807) is 0 Å². The molecule has 0 spiro atoms. The van der Waals surface area contributed by atoms with E-state index >= 15 is 0 Å². The highest BCUT2D eigenvalue weighted by molar-refractivity contribution is 6.37. The molecule has 2 aliphatic heterocycles. The minimum atomic E-state index is 0.616. The summed E-state index contributed by atoms with van der Waals surface area (Å²) in [6.45, 7) is 13.2. The minimum absolute atomic E-state index is 0.616. The van der Waals surface area contributed by atoms with Crippen LogP contribution in [0.5, 0.6) is 0 Å². The van der Waals surface area contributed by atoms with E-state index in [4.69, 9.17) is 21.3 Å². The van der Waals surface area contributed by atoms with Crippen LogP contribution in [0.2, 0.25) is 5.02 Å². The summed E-state index contributed by atoms with van der Waals surface area (Å²) in [4.78, 5) is 15.6. The third-order valence-corrected chi connectivity index (χ3v) is 7.17. The summed E-state index contributed by atoms with van der Waals surface area (Å²) in [5.41, 5.74) is 5.40. The van der Waals surface area contributed by atoms with E-state index in [2.05, 4.69) is 57.8 Å². The van der Waals surface area contributed by atoms with Gasteiger partial charge < -0.3 is 14.6 Å². The Morgan fingerprint density at radius 3 is 2.41 bits per heavy atom. The highest BCUT2D eigenvalue weighted by atomic mass is 35.5. The Hall–Kier alpha value is -2.12. The van der Waals surface area contributed by atoms with Crippen LogP contribution >= 0.6 is 11.6 Å². The SMILES string of the molecule is CC(C)N1CCN(c2ccc(-c3nccc4[nH]c(CN5CCOCC5)c(Cl)c34)cc2)CC1. The van der Waals surface area contributed by atoms with Gasteiger partial charge in [0, 0.05) is 80.4 Å². The number of hydrogen-bond acceptors (Lipinski definition) is 5. The number of anilines is 1. The Morgan fingerprint density at radius 2 is 1.72 bits per heavy atom. The molecule has 0 bridgehead atoms. The number of ether oxygens (including phenoxy) is 1. The van der Waals surface area contributed by atoms with Gasteiger partial charge in [0.05, 0.1) is 29.4 Å². The van der Waals surface area contributed by atoms with Gasteiger partial charge in [-0.1, -0.05) is 23.7 Å². The third-order valence-electron chi connectivity index (χ3n) is 6.76. The van der Waals surface area contributed by atoms with Crippen LogP contribution in [0.15, 0.2) is 36.5 Å². The van der Waals surface area contributed by atoms with Crippen LogP contribution in [0.25, 0.3) is 22.2 Å².